The molecule has 0 aliphatic carbocycles. The SMILES string of the molecule is O=[N+]([O-])c1ccc(N2CCN(CC(F)(F)F)CC2)c2ncccc12. The first kappa shape index (κ1) is 16.4. The Morgan fingerprint density at radius 3 is 2.50 bits per heavy atom. The molecule has 0 atom stereocenters. The van der Waals surface area contributed by atoms with Crippen LogP contribution in [0.3, 0.4) is 0 Å². The second-order valence-electron chi connectivity index (χ2n) is 5.64. The van der Waals surface area contributed by atoms with Crippen LogP contribution in [0.15, 0.2) is 30.5 Å². The van der Waals surface area contributed by atoms with Gasteiger partial charge in [0.1, 0.15) is 5.52 Å². The van der Waals surface area contributed by atoms with Crippen LogP contribution in [-0.2, 0) is 0 Å². The third-order valence-electron chi connectivity index (χ3n) is 4.04. The third-order valence-corrected chi connectivity index (χ3v) is 4.04. The van der Waals surface area contributed by atoms with Crippen molar-refractivity contribution in [2.45, 2.75) is 6.18 Å². The predicted octanol–water partition coefficient (Wildman–Crippen LogP) is 2.83. The molecule has 9 heteroatoms. The average Bonchev–Trinajstić information content (AvgIpc) is 2.53. The normalized spacial score (nSPS) is 16.5. The van der Waals surface area contributed by atoms with Crippen LogP contribution in [0.1, 0.15) is 0 Å². The summed E-state index contributed by atoms with van der Waals surface area (Å²) in [5, 5.41) is 11.6. The maximum atomic E-state index is 12.5. The van der Waals surface area contributed by atoms with E-state index in [1.54, 1.807) is 24.4 Å². The van der Waals surface area contributed by atoms with E-state index in [2.05, 4.69) is 4.98 Å². The molecule has 6 nitrogen and oxygen atoms in total. The number of benzene rings is 1. The van der Waals surface area contributed by atoms with Crippen LogP contribution in [0.5, 0.6) is 0 Å². The van der Waals surface area contributed by atoms with Gasteiger partial charge >= 0.3 is 6.18 Å². The van der Waals surface area contributed by atoms with E-state index in [0.29, 0.717) is 29.7 Å². The van der Waals surface area contributed by atoms with Gasteiger partial charge in [-0.05, 0) is 18.2 Å². The van der Waals surface area contributed by atoms with Crippen molar-refractivity contribution >= 4 is 22.3 Å². The molecular weight excluding hydrogens is 325 g/mol. The van der Waals surface area contributed by atoms with Gasteiger partial charge in [-0.1, -0.05) is 0 Å². The van der Waals surface area contributed by atoms with Crippen LogP contribution in [0.2, 0.25) is 0 Å². The van der Waals surface area contributed by atoms with Gasteiger partial charge in [0, 0.05) is 38.4 Å². The van der Waals surface area contributed by atoms with E-state index in [0.717, 1.165) is 0 Å². The number of hydrogen-bond acceptors (Lipinski definition) is 5. The molecule has 2 heterocycles. The standard InChI is InChI=1S/C15H15F3N4O2/c16-15(17,18)10-20-6-8-21(9-7-20)13-4-3-12(22(23)24)11-2-1-5-19-14(11)13/h1-5H,6-10H2. The molecule has 0 amide bonds. The van der Waals surface area contributed by atoms with E-state index in [1.165, 1.54) is 11.0 Å². The van der Waals surface area contributed by atoms with Gasteiger partial charge in [-0.25, -0.2) is 0 Å². The van der Waals surface area contributed by atoms with Crippen molar-refractivity contribution in [3.8, 4) is 0 Å². The van der Waals surface area contributed by atoms with Crippen molar-refractivity contribution < 1.29 is 18.1 Å². The van der Waals surface area contributed by atoms with E-state index in [4.69, 9.17) is 0 Å². The minimum absolute atomic E-state index is 0.0300. The van der Waals surface area contributed by atoms with Crippen molar-refractivity contribution in [1.82, 2.24) is 9.88 Å². The minimum atomic E-state index is -4.20. The van der Waals surface area contributed by atoms with Gasteiger partial charge in [-0.15, -0.1) is 0 Å². The molecule has 0 spiro atoms. The fourth-order valence-corrected chi connectivity index (χ4v) is 2.96. The number of rotatable bonds is 3. The Morgan fingerprint density at radius 1 is 1.17 bits per heavy atom. The fourth-order valence-electron chi connectivity index (χ4n) is 2.96. The molecule has 1 aromatic heterocycles. The number of piperazine rings is 1. The zero-order chi connectivity index (χ0) is 17.3. The molecule has 0 bridgehead atoms. The zero-order valence-electron chi connectivity index (χ0n) is 12.7. The number of non-ortho nitro benzene ring substituents is 1. The lowest BCUT2D eigenvalue weighted by molar-refractivity contribution is -0.383. The van der Waals surface area contributed by atoms with Gasteiger partial charge in [0.15, 0.2) is 0 Å². The highest BCUT2D eigenvalue weighted by Crippen LogP contribution is 2.32. The van der Waals surface area contributed by atoms with Crippen LogP contribution < -0.4 is 4.90 Å². The summed E-state index contributed by atoms with van der Waals surface area (Å²) in [5.74, 6) is 0. The van der Waals surface area contributed by atoms with Gasteiger partial charge in [0.2, 0.25) is 0 Å². The van der Waals surface area contributed by atoms with Crippen molar-refractivity contribution in [3.05, 3.63) is 40.6 Å². The molecule has 128 valence electrons. The Hall–Kier alpha value is -2.42. The summed E-state index contributed by atoms with van der Waals surface area (Å²) in [5.41, 5.74) is 1.18. The van der Waals surface area contributed by atoms with E-state index < -0.39 is 17.6 Å². The van der Waals surface area contributed by atoms with Gasteiger partial charge in [-0.3, -0.25) is 20.0 Å². The number of nitrogens with zero attached hydrogens (tertiary/aromatic N) is 4. The highest BCUT2D eigenvalue weighted by molar-refractivity contribution is 5.97. The summed E-state index contributed by atoms with van der Waals surface area (Å²) in [6.45, 7) is 0.481. The lowest BCUT2D eigenvalue weighted by Crippen LogP contribution is -2.49. The molecule has 2 aromatic rings. The Kier molecular flexibility index (Phi) is 4.27. The van der Waals surface area contributed by atoms with E-state index in [9.17, 15) is 23.3 Å². The minimum Gasteiger partial charge on any atom is -0.367 e. The van der Waals surface area contributed by atoms with Crippen molar-refractivity contribution in [3.63, 3.8) is 0 Å². The van der Waals surface area contributed by atoms with Crippen LogP contribution >= 0.6 is 0 Å². The molecule has 0 radical (unpaired) electrons. The molecule has 3 rings (SSSR count). The summed E-state index contributed by atoms with van der Waals surface area (Å²) in [6, 6.07) is 6.29. The van der Waals surface area contributed by atoms with Gasteiger partial charge < -0.3 is 4.90 Å². The fraction of sp³-hybridized carbons (Fsp3) is 0.400. The predicted molar refractivity (Wildman–Crippen MR) is 83.1 cm³/mol. The highest BCUT2D eigenvalue weighted by Gasteiger charge is 2.32. The van der Waals surface area contributed by atoms with Crippen molar-refractivity contribution in [2.75, 3.05) is 37.6 Å². The highest BCUT2D eigenvalue weighted by atomic mass is 19.4. The largest absolute Gasteiger partial charge is 0.401 e. The zero-order valence-corrected chi connectivity index (χ0v) is 12.7. The maximum Gasteiger partial charge on any atom is 0.401 e. The second kappa shape index (κ2) is 6.23. The molecule has 1 fully saturated rings. The van der Waals surface area contributed by atoms with Crippen molar-refractivity contribution in [1.29, 1.82) is 0 Å². The monoisotopic (exact) mass is 340 g/mol. The topological polar surface area (TPSA) is 62.5 Å². The molecule has 1 aliphatic heterocycles. The average molecular weight is 340 g/mol. The van der Waals surface area contributed by atoms with Gasteiger partial charge in [0.05, 0.1) is 22.5 Å². The van der Waals surface area contributed by atoms with E-state index in [-0.39, 0.29) is 18.8 Å². The van der Waals surface area contributed by atoms with Gasteiger partial charge in [-0.2, -0.15) is 13.2 Å². The van der Waals surface area contributed by atoms with Crippen LogP contribution in [0.4, 0.5) is 24.5 Å². The number of halogens is 3. The number of hydrogen-bond donors (Lipinski definition) is 0. The van der Waals surface area contributed by atoms with Crippen LogP contribution in [0, 0.1) is 10.1 Å². The lowest BCUT2D eigenvalue weighted by Gasteiger charge is -2.36. The quantitative estimate of drug-likeness (QED) is 0.635. The molecule has 1 aliphatic rings. The Bertz CT molecular complexity index is 758. The first-order chi connectivity index (χ1) is 11.3. The smallest absolute Gasteiger partial charge is 0.367 e. The number of alkyl halides is 3. The lowest BCUT2D eigenvalue weighted by atomic mass is 10.1. The number of fused-ring (bicyclic) bond motifs is 1. The maximum absolute atomic E-state index is 12.5. The number of anilines is 1. The van der Waals surface area contributed by atoms with Crippen LogP contribution in [0.25, 0.3) is 10.9 Å². The number of nitro benzene ring substituents is 1. The summed E-state index contributed by atoms with van der Waals surface area (Å²) in [4.78, 5) is 18.2. The molecule has 24 heavy (non-hydrogen) atoms. The van der Waals surface area contributed by atoms with Gasteiger partial charge in [0.25, 0.3) is 5.69 Å². The van der Waals surface area contributed by atoms with E-state index in [1.807, 2.05) is 4.90 Å². The summed E-state index contributed by atoms with van der Waals surface area (Å²) >= 11 is 0. The molecule has 0 saturated carbocycles. The molecule has 0 unspecified atom stereocenters. The summed E-state index contributed by atoms with van der Waals surface area (Å²) in [7, 11) is 0. The molecular formula is C15H15F3N4O2. The molecule has 1 saturated heterocycles. The first-order valence-corrected chi connectivity index (χ1v) is 7.41. The van der Waals surface area contributed by atoms with Crippen molar-refractivity contribution in [2.24, 2.45) is 0 Å². The summed E-state index contributed by atoms with van der Waals surface area (Å²) < 4.78 is 37.4. The Labute approximate surface area is 135 Å². The number of pyridine rings is 1. The number of nitro groups is 1. The Morgan fingerprint density at radius 2 is 1.88 bits per heavy atom. The first-order valence-electron chi connectivity index (χ1n) is 7.41. The van der Waals surface area contributed by atoms with E-state index >= 15 is 0 Å². The second-order valence-corrected chi connectivity index (χ2v) is 5.64. The third kappa shape index (κ3) is 3.40. The molecule has 1 aromatic carbocycles. The summed E-state index contributed by atoms with van der Waals surface area (Å²) in [6.07, 6.45) is -2.65. The number of aromatic nitrogens is 1. The molecule has 0 N–H and O–H groups in total. The van der Waals surface area contributed by atoms with Crippen LogP contribution in [-0.4, -0.2) is 53.7 Å². The Balaban J connectivity index is 1.84.